The van der Waals surface area contributed by atoms with Gasteiger partial charge in [0.15, 0.2) is 11.5 Å². The Labute approximate surface area is 297 Å². The molecule has 8 heteroatoms. The number of ether oxygens (including phenoxy) is 1. The van der Waals surface area contributed by atoms with Crippen molar-refractivity contribution >= 4 is 5.82 Å². The molecule has 3 aliphatic carbocycles. The van der Waals surface area contributed by atoms with Crippen LogP contribution in [0.1, 0.15) is 113 Å². The maximum Gasteiger partial charge on any atom is 0.161 e. The quantitative estimate of drug-likeness (QED) is 0.0988. The van der Waals surface area contributed by atoms with E-state index in [1.54, 1.807) is 12.3 Å². The number of nitrogen functional groups attached to an aromatic ring is 1. The van der Waals surface area contributed by atoms with Crippen LogP contribution in [0.25, 0.3) is 0 Å². The minimum atomic E-state index is -0.750. The molecular formula is C42H55N3O5. The number of hydrogen-bond donors (Lipinski definition) is 6. The van der Waals surface area contributed by atoms with E-state index in [2.05, 4.69) is 47.0 Å². The number of anilines is 1. The highest BCUT2D eigenvalue weighted by atomic mass is 16.5. The highest BCUT2D eigenvalue weighted by molar-refractivity contribution is 5.45. The number of aliphatic hydroxyl groups is 3. The molecule has 0 spiro atoms. The van der Waals surface area contributed by atoms with Crippen molar-refractivity contribution in [1.29, 1.82) is 0 Å². The number of nitrogens with one attached hydrogen (secondary N) is 1. The lowest BCUT2D eigenvalue weighted by atomic mass is 9.60. The maximum absolute atomic E-state index is 11.6. The number of aromatic amines is 1. The number of hydrogen-bond acceptors (Lipinski definition) is 7. The van der Waals surface area contributed by atoms with Crippen LogP contribution in [0.5, 0.6) is 11.5 Å². The van der Waals surface area contributed by atoms with Crippen LogP contribution in [-0.2, 0) is 5.41 Å². The molecule has 3 aliphatic rings. The van der Waals surface area contributed by atoms with Gasteiger partial charge in [0.1, 0.15) is 11.9 Å². The first-order chi connectivity index (χ1) is 24.3. The lowest BCUT2D eigenvalue weighted by molar-refractivity contribution is -0.00706. The second kappa shape index (κ2) is 16.5. The Bertz CT molecular complexity index is 1620. The highest BCUT2D eigenvalue weighted by Gasteiger charge is 2.44. The number of allylic oxidation sites excluding steroid dienone is 2. The van der Waals surface area contributed by atoms with E-state index >= 15 is 0 Å². The van der Waals surface area contributed by atoms with Gasteiger partial charge in [0.2, 0.25) is 0 Å². The van der Waals surface area contributed by atoms with Gasteiger partial charge in [0.25, 0.3) is 0 Å². The van der Waals surface area contributed by atoms with Crippen molar-refractivity contribution in [3.63, 3.8) is 0 Å². The Balaban J connectivity index is 1.28. The monoisotopic (exact) mass is 681 g/mol. The fraction of sp³-hybridized carbons (Fsp3) is 0.548. The first-order valence-corrected chi connectivity index (χ1v) is 18.8. The molecule has 8 nitrogen and oxygen atoms in total. The van der Waals surface area contributed by atoms with Gasteiger partial charge in [-0.25, -0.2) is 4.98 Å². The zero-order valence-corrected chi connectivity index (χ0v) is 29.4. The molecule has 0 radical (unpaired) electrons. The summed E-state index contributed by atoms with van der Waals surface area (Å²) in [4.78, 5) is 7.78. The summed E-state index contributed by atoms with van der Waals surface area (Å²) in [6.07, 6.45) is 16.9. The van der Waals surface area contributed by atoms with E-state index in [0.29, 0.717) is 36.7 Å². The SMILES string of the molecule is CCC1C#CC2C=CC(c3ccc(O)c(OC(CO)CC(c4ccnc(N)c4)C4(c5ccc[nH]5)CCCCC4)c3)CC(O)C2C(O)CCCC1. The second-order valence-electron chi connectivity index (χ2n) is 14.9. The molecule has 0 amide bonds. The zero-order valence-electron chi connectivity index (χ0n) is 29.4. The zero-order chi connectivity index (χ0) is 35.1. The Morgan fingerprint density at radius 1 is 1.00 bits per heavy atom. The van der Waals surface area contributed by atoms with E-state index in [0.717, 1.165) is 62.5 Å². The Morgan fingerprint density at radius 3 is 2.56 bits per heavy atom. The molecule has 2 aromatic heterocycles. The van der Waals surface area contributed by atoms with Gasteiger partial charge in [0.05, 0.1) is 18.8 Å². The smallest absolute Gasteiger partial charge is 0.161 e. The topological polar surface area (TPSA) is 145 Å². The summed E-state index contributed by atoms with van der Waals surface area (Å²) in [5, 5.41) is 44.6. The van der Waals surface area contributed by atoms with Crippen LogP contribution in [0.2, 0.25) is 0 Å². The summed E-state index contributed by atoms with van der Waals surface area (Å²) < 4.78 is 6.51. The summed E-state index contributed by atoms with van der Waals surface area (Å²) in [5.74, 6) is 7.17. The van der Waals surface area contributed by atoms with Crippen molar-refractivity contribution in [1.82, 2.24) is 9.97 Å². The van der Waals surface area contributed by atoms with E-state index in [1.807, 2.05) is 36.5 Å². The molecular weight excluding hydrogens is 626 g/mol. The van der Waals surface area contributed by atoms with Crippen molar-refractivity contribution in [2.75, 3.05) is 12.3 Å². The number of phenols is 1. The highest BCUT2D eigenvalue weighted by Crippen LogP contribution is 2.51. The molecule has 1 saturated carbocycles. The number of aromatic nitrogens is 2. The van der Waals surface area contributed by atoms with Gasteiger partial charge in [-0.2, -0.15) is 0 Å². The molecule has 3 aromatic rings. The number of fused-ring (bicyclic) bond motifs is 1. The van der Waals surface area contributed by atoms with Crippen molar-refractivity contribution in [2.24, 2.45) is 17.8 Å². The minimum Gasteiger partial charge on any atom is -0.504 e. The van der Waals surface area contributed by atoms with Crippen molar-refractivity contribution in [3.05, 3.63) is 83.8 Å². The summed E-state index contributed by atoms with van der Waals surface area (Å²) in [6.45, 7) is 1.93. The van der Waals surface area contributed by atoms with E-state index in [9.17, 15) is 20.4 Å². The van der Waals surface area contributed by atoms with Crippen LogP contribution in [0, 0.1) is 29.6 Å². The molecule has 8 unspecified atom stereocenters. The fourth-order valence-electron chi connectivity index (χ4n) is 8.98. The van der Waals surface area contributed by atoms with Gasteiger partial charge in [0, 0.05) is 47.2 Å². The van der Waals surface area contributed by atoms with Gasteiger partial charge in [-0.3, -0.25) is 0 Å². The number of pyridine rings is 1. The predicted octanol–water partition coefficient (Wildman–Crippen LogP) is 7.11. The molecule has 2 heterocycles. The summed E-state index contributed by atoms with van der Waals surface area (Å²) in [5.41, 5.74) is 9.13. The second-order valence-corrected chi connectivity index (χ2v) is 14.9. The predicted molar refractivity (Wildman–Crippen MR) is 197 cm³/mol. The lowest BCUT2D eigenvalue weighted by Gasteiger charge is -2.44. The van der Waals surface area contributed by atoms with Crippen molar-refractivity contribution in [3.8, 4) is 23.3 Å². The van der Waals surface area contributed by atoms with Gasteiger partial charge in [-0.15, -0.1) is 0 Å². The van der Waals surface area contributed by atoms with Gasteiger partial charge >= 0.3 is 0 Å². The molecule has 50 heavy (non-hydrogen) atoms. The van der Waals surface area contributed by atoms with Crippen LogP contribution in [0.4, 0.5) is 5.82 Å². The molecule has 6 rings (SSSR count). The molecule has 268 valence electrons. The van der Waals surface area contributed by atoms with Gasteiger partial charge in [-0.1, -0.05) is 69.1 Å². The molecule has 0 bridgehead atoms. The van der Waals surface area contributed by atoms with Crippen LogP contribution in [0.15, 0.2) is 67.0 Å². The molecule has 7 N–H and O–H groups in total. The number of nitrogens with zero attached hydrogens (tertiary/aromatic N) is 1. The number of aliphatic hydroxyl groups excluding tert-OH is 3. The number of aromatic hydroxyl groups is 1. The molecule has 8 atom stereocenters. The minimum absolute atomic E-state index is 0.00663. The number of H-pyrrole nitrogens is 1. The first kappa shape index (κ1) is 36.0. The number of rotatable bonds is 10. The van der Waals surface area contributed by atoms with Crippen LogP contribution >= 0.6 is 0 Å². The van der Waals surface area contributed by atoms with Crippen LogP contribution in [-0.4, -0.2) is 55.3 Å². The third-order valence-electron chi connectivity index (χ3n) is 11.8. The van der Waals surface area contributed by atoms with Crippen LogP contribution < -0.4 is 10.5 Å². The first-order valence-electron chi connectivity index (χ1n) is 18.8. The molecule has 0 aliphatic heterocycles. The average Bonchev–Trinajstić information content (AvgIpc) is 3.62. The fourth-order valence-corrected chi connectivity index (χ4v) is 8.98. The van der Waals surface area contributed by atoms with E-state index in [1.165, 1.54) is 12.1 Å². The Morgan fingerprint density at radius 2 is 1.82 bits per heavy atom. The van der Waals surface area contributed by atoms with Gasteiger partial charge in [-0.05, 0) is 98.4 Å². The number of phenolic OH excluding ortho intramolecular Hbond substituents is 1. The largest absolute Gasteiger partial charge is 0.504 e. The normalized spacial score (nSPS) is 27.9. The van der Waals surface area contributed by atoms with E-state index in [-0.39, 0.29) is 41.4 Å². The average molecular weight is 682 g/mol. The molecule has 1 fully saturated rings. The summed E-state index contributed by atoms with van der Waals surface area (Å²) >= 11 is 0. The van der Waals surface area contributed by atoms with E-state index < -0.39 is 18.3 Å². The summed E-state index contributed by atoms with van der Waals surface area (Å²) in [7, 11) is 0. The molecule has 1 aromatic carbocycles. The Kier molecular flexibility index (Phi) is 11.9. The standard InChI is InChI=1S/C42H55N3O5/c1-2-28-9-4-5-10-36(48)41-29(13-12-28)14-15-30(23-37(41)49)31-16-17-35(47)38(24-31)50-33(27-46)26-34(32-18-22-45-40(43)25-32)42(19-6-3-7-20-42)39-11-8-21-44-39/h8,11,14-18,21-22,24-25,28-30,33-34,36-37,41,44,46-49H,2-7,9-10,19-20,23,26-27H2,1H3,(H2,43,45). The lowest BCUT2D eigenvalue weighted by Crippen LogP contribution is -2.39. The summed E-state index contributed by atoms with van der Waals surface area (Å²) in [6, 6.07) is 13.5. The molecule has 0 saturated heterocycles. The third kappa shape index (κ3) is 8.07. The maximum atomic E-state index is 11.6. The van der Waals surface area contributed by atoms with Gasteiger partial charge < -0.3 is 35.9 Å². The number of nitrogens with two attached hydrogens (primary N) is 1. The van der Waals surface area contributed by atoms with E-state index in [4.69, 9.17) is 10.5 Å². The van der Waals surface area contributed by atoms with Crippen molar-refractivity contribution in [2.45, 2.75) is 120 Å². The van der Waals surface area contributed by atoms with Crippen molar-refractivity contribution < 1.29 is 25.2 Å². The number of benzene rings is 1. The third-order valence-corrected chi connectivity index (χ3v) is 11.8. The van der Waals surface area contributed by atoms with Crippen LogP contribution in [0.3, 0.4) is 0 Å². The Hall–Kier alpha value is -3.77.